The topological polar surface area (TPSA) is 76.2 Å². The lowest BCUT2D eigenvalue weighted by Gasteiger charge is -1.98. The normalized spacial score (nSPS) is 10.3. The summed E-state index contributed by atoms with van der Waals surface area (Å²) in [6, 6.07) is 5.70. The third-order valence-corrected chi connectivity index (χ3v) is 2.87. The summed E-state index contributed by atoms with van der Waals surface area (Å²) in [7, 11) is 0. The van der Waals surface area contributed by atoms with E-state index in [1.165, 1.54) is 18.2 Å². The summed E-state index contributed by atoms with van der Waals surface area (Å²) in [5.41, 5.74) is 6.48. The minimum absolute atomic E-state index is 0.0285. The number of carboxylic acid groups (broad SMARTS) is 1. The summed E-state index contributed by atoms with van der Waals surface area (Å²) in [6.45, 7) is 0. The number of hydrogen-bond acceptors (Lipinski definition) is 4. The quantitative estimate of drug-likeness (QED) is 0.841. The van der Waals surface area contributed by atoms with E-state index in [-0.39, 0.29) is 10.6 Å². The number of benzene rings is 1. The van der Waals surface area contributed by atoms with Crippen LogP contribution in [0.25, 0.3) is 11.3 Å². The van der Waals surface area contributed by atoms with Crippen molar-refractivity contribution in [2.75, 3.05) is 5.73 Å². The van der Waals surface area contributed by atoms with Gasteiger partial charge in [0, 0.05) is 5.56 Å². The molecule has 0 aliphatic carbocycles. The van der Waals surface area contributed by atoms with E-state index in [4.69, 9.17) is 10.8 Å². The molecule has 0 saturated carbocycles. The third kappa shape index (κ3) is 1.74. The van der Waals surface area contributed by atoms with Gasteiger partial charge >= 0.3 is 5.97 Å². The van der Waals surface area contributed by atoms with E-state index in [0.717, 1.165) is 11.5 Å². The molecule has 0 unspecified atom stereocenters. The van der Waals surface area contributed by atoms with Gasteiger partial charge in [0.05, 0.1) is 5.69 Å². The number of anilines is 1. The number of hydrogen-bond donors (Lipinski definition) is 2. The second-order valence-corrected chi connectivity index (χ2v) is 3.86. The van der Waals surface area contributed by atoms with E-state index in [1.54, 1.807) is 6.07 Å². The van der Waals surface area contributed by atoms with Crippen molar-refractivity contribution >= 4 is 23.2 Å². The average molecular weight is 238 g/mol. The minimum atomic E-state index is -1.13. The average Bonchev–Trinajstić information content (AvgIpc) is 2.60. The van der Waals surface area contributed by atoms with Crippen molar-refractivity contribution in [3.05, 3.63) is 35.0 Å². The van der Waals surface area contributed by atoms with Gasteiger partial charge in [-0.2, -0.15) is 4.37 Å². The standard InChI is InChI=1S/C10H7FN2O2S/c11-6-3-1-2-5(4-6)8-7(12)9(10(14)15)16-13-8/h1-4H,12H2,(H,14,15). The summed E-state index contributed by atoms with van der Waals surface area (Å²) in [4.78, 5) is 10.7. The van der Waals surface area contributed by atoms with E-state index in [1.807, 2.05) is 0 Å². The number of aromatic nitrogens is 1. The van der Waals surface area contributed by atoms with Crippen LogP contribution in [0.1, 0.15) is 9.67 Å². The van der Waals surface area contributed by atoms with Crippen LogP contribution in [-0.2, 0) is 0 Å². The Hall–Kier alpha value is -1.95. The molecule has 0 aliphatic heterocycles. The molecule has 2 aromatic rings. The first kappa shape index (κ1) is 10.6. The summed E-state index contributed by atoms with van der Waals surface area (Å²) in [6.07, 6.45) is 0. The van der Waals surface area contributed by atoms with Gasteiger partial charge in [-0.05, 0) is 23.7 Å². The van der Waals surface area contributed by atoms with Crippen molar-refractivity contribution in [3.8, 4) is 11.3 Å². The number of nitrogens with two attached hydrogens (primary N) is 1. The SMILES string of the molecule is Nc1c(-c2cccc(F)c2)nsc1C(=O)O. The zero-order chi connectivity index (χ0) is 11.7. The predicted molar refractivity (Wildman–Crippen MR) is 58.9 cm³/mol. The highest BCUT2D eigenvalue weighted by Gasteiger charge is 2.17. The molecule has 1 aromatic heterocycles. The maximum Gasteiger partial charge on any atom is 0.349 e. The Balaban J connectivity index is 2.53. The predicted octanol–water partition coefficient (Wildman–Crippen LogP) is 2.23. The Morgan fingerprint density at radius 3 is 2.81 bits per heavy atom. The van der Waals surface area contributed by atoms with Crippen LogP contribution in [-0.4, -0.2) is 15.4 Å². The number of rotatable bonds is 2. The van der Waals surface area contributed by atoms with Crippen molar-refractivity contribution < 1.29 is 14.3 Å². The van der Waals surface area contributed by atoms with Crippen molar-refractivity contribution in [1.82, 2.24) is 4.37 Å². The smallest absolute Gasteiger partial charge is 0.349 e. The maximum absolute atomic E-state index is 13.0. The second-order valence-electron chi connectivity index (χ2n) is 3.09. The first-order valence-electron chi connectivity index (χ1n) is 4.34. The number of carboxylic acids is 1. The molecule has 0 atom stereocenters. The molecule has 0 amide bonds. The van der Waals surface area contributed by atoms with E-state index in [0.29, 0.717) is 11.3 Å². The van der Waals surface area contributed by atoms with Crippen molar-refractivity contribution in [1.29, 1.82) is 0 Å². The number of aromatic carboxylic acids is 1. The zero-order valence-corrected chi connectivity index (χ0v) is 8.79. The molecule has 0 saturated heterocycles. The fourth-order valence-corrected chi connectivity index (χ4v) is 1.95. The monoisotopic (exact) mass is 238 g/mol. The van der Waals surface area contributed by atoms with E-state index >= 15 is 0 Å². The van der Waals surface area contributed by atoms with Crippen LogP contribution in [0.5, 0.6) is 0 Å². The Bertz CT molecular complexity index is 554. The first-order valence-corrected chi connectivity index (χ1v) is 5.11. The summed E-state index contributed by atoms with van der Waals surface area (Å²) >= 11 is 0.788. The molecule has 3 N–H and O–H groups in total. The Labute approximate surface area is 94.3 Å². The lowest BCUT2D eigenvalue weighted by Crippen LogP contribution is -1.98. The molecule has 0 spiro atoms. The van der Waals surface area contributed by atoms with Gasteiger partial charge in [0.1, 0.15) is 11.5 Å². The van der Waals surface area contributed by atoms with Crippen LogP contribution in [0, 0.1) is 5.82 Å². The van der Waals surface area contributed by atoms with Crippen molar-refractivity contribution in [3.63, 3.8) is 0 Å². The minimum Gasteiger partial charge on any atom is -0.477 e. The lowest BCUT2D eigenvalue weighted by atomic mass is 10.1. The largest absolute Gasteiger partial charge is 0.477 e. The maximum atomic E-state index is 13.0. The highest BCUT2D eigenvalue weighted by atomic mass is 32.1. The van der Waals surface area contributed by atoms with Crippen LogP contribution < -0.4 is 5.73 Å². The van der Waals surface area contributed by atoms with Gasteiger partial charge in [-0.25, -0.2) is 9.18 Å². The van der Waals surface area contributed by atoms with Crippen LogP contribution in [0.2, 0.25) is 0 Å². The van der Waals surface area contributed by atoms with Gasteiger partial charge in [0.2, 0.25) is 0 Å². The summed E-state index contributed by atoms with van der Waals surface area (Å²) in [5.74, 6) is -1.54. The van der Waals surface area contributed by atoms with Crippen LogP contribution in [0.4, 0.5) is 10.1 Å². The molecular formula is C10H7FN2O2S. The van der Waals surface area contributed by atoms with Crippen molar-refractivity contribution in [2.24, 2.45) is 0 Å². The molecule has 0 bridgehead atoms. The summed E-state index contributed by atoms with van der Waals surface area (Å²) in [5, 5.41) is 8.80. The van der Waals surface area contributed by atoms with Crippen LogP contribution in [0.3, 0.4) is 0 Å². The van der Waals surface area contributed by atoms with Gasteiger partial charge < -0.3 is 10.8 Å². The lowest BCUT2D eigenvalue weighted by molar-refractivity contribution is 0.0703. The molecule has 1 aromatic carbocycles. The van der Waals surface area contributed by atoms with Crippen LogP contribution >= 0.6 is 11.5 Å². The van der Waals surface area contributed by atoms with Gasteiger partial charge in [-0.15, -0.1) is 0 Å². The number of nitrogens with zero attached hydrogens (tertiary/aromatic N) is 1. The Morgan fingerprint density at radius 1 is 1.50 bits per heavy atom. The fourth-order valence-electron chi connectivity index (χ4n) is 1.30. The Kier molecular flexibility index (Phi) is 2.57. The molecule has 0 fully saturated rings. The fraction of sp³-hybridized carbons (Fsp3) is 0. The van der Waals surface area contributed by atoms with E-state index in [2.05, 4.69) is 4.37 Å². The van der Waals surface area contributed by atoms with Gasteiger partial charge in [-0.1, -0.05) is 12.1 Å². The molecular weight excluding hydrogens is 231 g/mol. The molecule has 0 radical (unpaired) electrons. The van der Waals surface area contributed by atoms with Crippen molar-refractivity contribution in [2.45, 2.75) is 0 Å². The highest BCUT2D eigenvalue weighted by Crippen LogP contribution is 2.30. The molecule has 1 heterocycles. The van der Waals surface area contributed by atoms with E-state index < -0.39 is 11.8 Å². The third-order valence-electron chi connectivity index (χ3n) is 2.02. The molecule has 6 heteroatoms. The number of carbonyl (C=O) groups is 1. The molecule has 2 rings (SSSR count). The zero-order valence-electron chi connectivity index (χ0n) is 7.98. The molecule has 0 aliphatic rings. The van der Waals surface area contributed by atoms with Crippen LogP contribution in [0.15, 0.2) is 24.3 Å². The Morgan fingerprint density at radius 2 is 2.25 bits per heavy atom. The highest BCUT2D eigenvalue weighted by molar-refractivity contribution is 7.09. The number of nitrogen functional groups attached to an aromatic ring is 1. The molecule has 4 nitrogen and oxygen atoms in total. The summed E-state index contributed by atoms with van der Waals surface area (Å²) < 4.78 is 16.9. The number of halogens is 1. The molecule has 82 valence electrons. The van der Waals surface area contributed by atoms with Gasteiger partial charge in [0.25, 0.3) is 0 Å². The van der Waals surface area contributed by atoms with E-state index in [9.17, 15) is 9.18 Å². The van der Waals surface area contributed by atoms with Gasteiger partial charge in [0.15, 0.2) is 4.88 Å². The van der Waals surface area contributed by atoms with Gasteiger partial charge in [-0.3, -0.25) is 0 Å². The molecule has 16 heavy (non-hydrogen) atoms. The second kappa shape index (κ2) is 3.90. The first-order chi connectivity index (χ1) is 7.59.